The minimum Gasteiger partial charge on any atom is -0.478 e. The van der Waals surface area contributed by atoms with Crippen molar-refractivity contribution in [1.29, 1.82) is 0 Å². The Bertz CT molecular complexity index is 614. The van der Waals surface area contributed by atoms with E-state index < -0.39 is 11.8 Å². The van der Waals surface area contributed by atoms with Crippen molar-refractivity contribution < 1.29 is 14.3 Å². The molecule has 2 rings (SSSR count). The van der Waals surface area contributed by atoms with Crippen LogP contribution in [0.2, 0.25) is 0 Å². The summed E-state index contributed by atoms with van der Waals surface area (Å²) < 4.78 is 13.0. The van der Waals surface area contributed by atoms with Crippen LogP contribution in [-0.2, 0) is 6.54 Å². The summed E-state index contributed by atoms with van der Waals surface area (Å²) in [6.45, 7) is 2.40. The van der Waals surface area contributed by atoms with Crippen LogP contribution in [0.5, 0.6) is 0 Å². The Balaban J connectivity index is 2.20. The molecule has 0 aliphatic carbocycles. The Hall–Kier alpha value is -2.43. The Morgan fingerprint density at radius 3 is 2.84 bits per heavy atom. The van der Waals surface area contributed by atoms with E-state index in [2.05, 4.69) is 10.3 Å². The van der Waals surface area contributed by atoms with Crippen molar-refractivity contribution in [3.63, 3.8) is 0 Å². The maximum Gasteiger partial charge on any atom is 0.339 e. The van der Waals surface area contributed by atoms with Crippen LogP contribution in [0, 0.1) is 12.7 Å². The number of benzene rings is 1. The van der Waals surface area contributed by atoms with Gasteiger partial charge >= 0.3 is 5.97 Å². The van der Waals surface area contributed by atoms with Gasteiger partial charge in [0.15, 0.2) is 0 Å². The molecule has 1 aromatic carbocycles. The predicted molar refractivity (Wildman–Crippen MR) is 69.7 cm³/mol. The van der Waals surface area contributed by atoms with E-state index >= 15 is 0 Å². The van der Waals surface area contributed by atoms with Gasteiger partial charge in [-0.15, -0.1) is 0 Å². The molecule has 1 heterocycles. The van der Waals surface area contributed by atoms with E-state index in [9.17, 15) is 9.18 Å². The number of carboxylic acid groups (broad SMARTS) is 1. The zero-order valence-electron chi connectivity index (χ0n) is 10.4. The second-order valence-electron chi connectivity index (χ2n) is 4.13. The summed E-state index contributed by atoms with van der Waals surface area (Å²) in [5, 5.41) is 11.9. The molecule has 19 heavy (non-hydrogen) atoms. The van der Waals surface area contributed by atoms with Crippen LogP contribution in [0.3, 0.4) is 0 Å². The molecule has 0 fully saturated rings. The van der Waals surface area contributed by atoms with Gasteiger partial charge in [0.2, 0.25) is 0 Å². The third-order valence-electron chi connectivity index (χ3n) is 2.79. The van der Waals surface area contributed by atoms with Gasteiger partial charge < -0.3 is 10.4 Å². The van der Waals surface area contributed by atoms with E-state index in [1.54, 1.807) is 0 Å². The van der Waals surface area contributed by atoms with E-state index in [0.717, 1.165) is 23.4 Å². The molecule has 0 spiro atoms. The lowest BCUT2D eigenvalue weighted by Crippen LogP contribution is -2.09. The van der Waals surface area contributed by atoms with Gasteiger partial charge in [0.1, 0.15) is 17.2 Å². The number of aromatic nitrogens is 1. The number of pyridine rings is 1. The smallest absolute Gasteiger partial charge is 0.339 e. The predicted octanol–water partition coefficient (Wildman–Crippen LogP) is 2.84. The number of hydrogen-bond donors (Lipinski definition) is 2. The number of carbonyl (C=O) groups is 1. The molecular weight excluding hydrogens is 247 g/mol. The zero-order valence-corrected chi connectivity index (χ0v) is 10.4. The lowest BCUT2D eigenvalue weighted by Gasteiger charge is -2.10. The average Bonchev–Trinajstić information content (AvgIpc) is 2.38. The molecule has 1 aromatic heterocycles. The van der Waals surface area contributed by atoms with Crippen molar-refractivity contribution in [3.05, 3.63) is 59.0 Å². The molecule has 0 aliphatic rings. The maximum atomic E-state index is 13.0. The van der Waals surface area contributed by atoms with Gasteiger partial charge in [0, 0.05) is 6.54 Å². The average molecular weight is 260 g/mol. The van der Waals surface area contributed by atoms with Crippen molar-refractivity contribution in [2.45, 2.75) is 13.5 Å². The summed E-state index contributed by atoms with van der Waals surface area (Å²) in [4.78, 5) is 14.8. The number of rotatable bonds is 4. The fourth-order valence-corrected chi connectivity index (χ4v) is 1.73. The minimum atomic E-state index is -1.21. The number of halogens is 1. The second-order valence-corrected chi connectivity index (χ2v) is 4.13. The third kappa shape index (κ3) is 3.07. The Morgan fingerprint density at radius 2 is 2.16 bits per heavy atom. The van der Waals surface area contributed by atoms with Crippen LogP contribution in [0.4, 0.5) is 10.2 Å². The van der Waals surface area contributed by atoms with E-state index in [0.29, 0.717) is 6.54 Å². The highest BCUT2D eigenvalue weighted by Crippen LogP contribution is 2.16. The highest BCUT2D eigenvalue weighted by molar-refractivity contribution is 5.93. The number of nitrogens with one attached hydrogen (secondary N) is 1. The molecule has 0 aliphatic heterocycles. The first-order valence-corrected chi connectivity index (χ1v) is 5.75. The highest BCUT2D eigenvalue weighted by atomic mass is 19.1. The molecule has 4 nitrogen and oxygen atoms in total. The standard InChI is InChI=1S/C14H13FN2O2/c1-9-4-2-3-5-10(9)7-16-13-12(14(18)19)6-11(15)8-17-13/h2-6,8H,7H2,1H3,(H,16,17)(H,18,19). The van der Waals surface area contributed by atoms with Crippen molar-refractivity contribution >= 4 is 11.8 Å². The van der Waals surface area contributed by atoms with Gasteiger partial charge in [-0.1, -0.05) is 24.3 Å². The molecular formula is C14H13FN2O2. The van der Waals surface area contributed by atoms with Crippen LogP contribution in [0.15, 0.2) is 36.5 Å². The van der Waals surface area contributed by atoms with Crippen molar-refractivity contribution in [2.75, 3.05) is 5.32 Å². The molecule has 2 aromatic rings. The summed E-state index contributed by atoms with van der Waals surface area (Å²) in [6.07, 6.45) is 0.993. The summed E-state index contributed by atoms with van der Waals surface area (Å²) in [5.41, 5.74) is 1.95. The quantitative estimate of drug-likeness (QED) is 0.887. The number of hydrogen-bond acceptors (Lipinski definition) is 3. The van der Waals surface area contributed by atoms with Crippen LogP contribution in [-0.4, -0.2) is 16.1 Å². The van der Waals surface area contributed by atoms with Gasteiger partial charge in [-0.05, 0) is 24.1 Å². The van der Waals surface area contributed by atoms with Gasteiger partial charge in [-0.3, -0.25) is 0 Å². The van der Waals surface area contributed by atoms with Crippen molar-refractivity contribution in [2.24, 2.45) is 0 Å². The number of aromatic carboxylic acids is 1. The molecule has 98 valence electrons. The number of aryl methyl sites for hydroxylation is 1. The van der Waals surface area contributed by atoms with Crippen LogP contribution >= 0.6 is 0 Å². The molecule has 0 amide bonds. The van der Waals surface area contributed by atoms with Gasteiger partial charge in [-0.2, -0.15) is 0 Å². The monoisotopic (exact) mass is 260 g/mol. The number of anilines is 1. The summed E-state index contributed by atoms with van der Waals surface area (Å²) in [5.74, 6) is -1.71. The van der Waals surface area contributed by atoms with Gasteiger partial charge in [0.25, 0.3) is 0 Å². The van der Waals surface area contributed by atoms with Crippen molar-refractivity contribution in [1.82, 2.24) is 4.98 Å². The minimum absolute atomic E-state index is 0.164. The second kappa shape index (κ2) is 5.48. The molecule has 0 atom stereocenters. The molecule has 5 heteroatoms. The van der Waals surface area contributed by atoms with Gasteiger partial charge in [0.05, 0.1) is 6.20 Å². The summed E-state index contributed by atoms with van der Waals surface area (Å²) in [6, 6.07) is 8.69. The first-order chi connectivity index (χ1) is 9.08. The van der Waals surface area contributed by atoms with E-state index in [4.69, 9.17) is 5.11 Å². The highest BCUT2D eigenvalue weighted by Gasteiger charge is 2.12. The van der Waals surface area contributed by atoms with E-state index in [1.807, 2.05) is 31.2 Å². The van der Waals surface area contributed by atoms with Crippen LogP contribution < -0.4 is 5.32 Å². The summed E-state index contributed by atoms with van der Waals surface area (Å²) >= 11 is 0. The van der Waals surface area contributed by atoms with E-state index in [1.165, 1.54) is 0 Å². The Kier molecular flexibility index (Phi) is 3.75. The van der Waals surface area contributed by atoms with Crippen LogP contribution in [0.25, 0.3) is 0 Å². The Morgan fingerprint density at radius 1 is 1.42 bits per heavy atom. The zero-order chi connectivity index (χ0) is 13.8. The van der Waals surface area contributed by atoms with E-state index in [-0.39, 0.29) is 11.4 Å². The SMILES string of the molecule is Cc1ccccc1CNc1ncc(F)cc1C(=O)O. The molecule has 0 unspecified atom stereocenters. The first kappa shape index (κ1) is 13.0. The first-order valence-electron chi connectivity index (χ1n) is 5.75. The Labute approximate surface area is 109 Å². The lowest BCUT2D eigenvalue weighted by atomic mass is 10.1. The molecule has 0 radical (unpaired) electrons. The van der Waals surface area contributed by atoms with Gasteiger partial charge in [-0.25, -0.2) is 14.2 Å². The summed E-state index contributed by atoms with van der Waals surface area (Å²) in [7, 11) is 0. The lowest BCUT2D eigenvalue weighted by molar-refractivity contribution is 0.0697. The molecule has 0 saturated carbocycles. The topological polar surface area (TPSA) is 62.2 Å². The largest absolute Gasteiger partial charge is 0.478 e. The number of carboxylic acids is 1. The molecule has 2 N–H and O–H groups in total. The fraction of sp³-hybridized carbons (Fsp3) is 0.143. The van der Waals surface area contributed by atoms with Crippen LogP contribution in [0.1, 0.15) is 21.5 Å². The molecule has 0 saturated heterocycles. The molecule has 0 bridgehead atoms. The third-order valence-corrected chi connectivity index (χ3v) is 2.79. The van der Waals surface area contributed by atoms with Crippen molar-refractivity contribution in [3.8, 4) is 0 Å². The fourth-order valence-electron chi connectivity index (χ4n) is 1.73. The normalized spacial score (nSPS) is 10.2. The number of nitrogens with zero attached hydrogens (tertiary/aromatic N) is 1. The maximum absolute atomic E-state index is 13.0.